The van der Waals surface area contributed by atoms with Gasteiger partial charge < -0.3 is 10.1 Å². The number of fused-ring (bicyclic) bond motifs is 2. The summed E-state index contributed by atoms with van der Waals surface area (Å²) >= 11 is 0. The van der Waals surface area contributed by atoms with Crippen LogP contribution in [0.1, 0.15) is 49.9 Å². The highest BCUT2D eigenvalue weighted by Gasteiger charge is 2.42. The maximum absolute atomic E-state index is 12.9. The Balaban J connectivity index is 1.37. The Morgan fingerprint density at radius 1 is 1.03 bits per heavy atom. The van der Waals surface area contributed by atoms with E-state index in [-0.39, 0.29) is 23.5 Å². The SMILES string of the molecule is CCOC(=O)Nc1cccc(C(=O)Nc2ccc(S(=O)(=O)NC(C)C3CC4CCC3C4)cc2)c1. The van der Waals surface area contributed by atoms with Gasteiger partial charge in [-0.05, 0) is 93.3 Å². The summed E-state index contributed by atoms with van der Waals surface area (Å²) in [5, 5.41) is 5.30. The zero-order valence-corrected chi connectivity index (χ0v) is 20.2. The van der Waals surface area contributed by atoms with E-state index in [9.17, 15) is 18.0 Å². The van der Waals surface area contributed by atoms with Gasteiger partial charge in [-0.2, -0.15) is 0 Å². The van der Waals surface area contributed by atoms with E-state index >= 15 is 0 Å². The number of sulfonamides is 1. The number of amides is 2. The number of carbonyl (C=O) groups excluding carboxylic acids is 2. The van der Waals surface area contributed by atoms with Crippen LogP contribution in [0.25, 0.3) is 0 Å². The van der Waals surface area contributed by atoms with Crippen molar-refractivity contribution in [1.29, 1.82) is 0 Å². The minimum atomic E-state index is -3.65. The van der Waals surface area contributed by atoms with E-state index in [0.717, 1.165) is 12.3 Å². The van der Waals surface area contributed by atoms with Crippen molar-refractivity contribution in [2.45, 2.75) is 50.5 Å². The van der Waals surface area contributed by atoms with Crippen molar-refractivity contribution in [1.82, 2.24) is 4.72 Å². The molecule has 8 nitrogen and oxygen atoms in total. The van der Waals surface area contributed by atoms with Crippen LogP contribution in [-0.4, -0.2) is 33.1 Å². The third-order valence-electron chi connectivity index (χ3n) is 6.85. The molecule has 2 bridgehead atoms. The summed E-state index contributed by atoms with van der Waals surface area (Å²) in [6, 6.07) is 12.5. The van der Waals surface area contributed by atoms with Crippen molar-refractivity contribution in [3.05, 3.63) is 54.1 Å². The first-order valence-electron chi connectivity index (χ1n) is 11.7. The first kappa shape index (κ1) is 24.2. The molecule has 0 aliphatic heterocycles. The molecule has 2 aromatic carbocycles. The van der Waals surface area contributed by atoms with Gasteiger partial charge in [0, 0.05) is 23.0 Å². The lowest BCUT2D eigenvalue weighted by Gasteiger charge is -2.28. The molecule has 3 N–H and O–H groups in total. The van der Waals surface area contributed by atoms with Gasteiger partial charge in [-0.25, -0.2) is 17.9 Å². The molecule has 2 aliphatic carbocycles. The lowest BCUT2D eigenvalue weighted by Crippen LogP contribution is -2.40. The van der Waals surface area contributed by atoms with Crippen LogP contribution in [0.5, 0.6) is 0 Å². The Morgan fingerprint density at radius 3 is 2.44 bits per heavy atom. The highest BCUT2D eigenvalue weighted by Crippen LogP contribution is 2.49. The van der Waals surface area contributed by atoms with Crippen molar-refractivity contribution in [3.8, 4) is 0 Å². The Bertz CT molecular complexity index is 1150. The maximum atomic E-state index is 12.9. The molecule has 2 aromatic rings. The third kappa shape index (κ3) is 5.59. The largest absolute Gasteiger partial charge is 0.450 e. The first-order valence-corrected chi connectivity index (χ1v) is 13.2. The molecule has 4 atom stereocenters. The van der Waals surface area contributed by atoms with E-state index in [1.54, 1.807) is 37.3 Å². The van der Waals surface area contributed by atoms with Crippen molar-refractivity contribution in [2.75, 3.05) is 17.2 Å². The molecule has 0 radical (unpaired) electrons. The van der Waals surface area contributed by atoms with Crippen LogP contribution < -0.4 is 15.4 Å². The van der Waals surface area contributed by atoms with Crippen LogP contribution in [0.4, 0.5) is 16.2 Å². The van der Waals surface area contributed by atoms with Gasteiger partial charge in [0.15, 0.2) is 0 Å². The summed E-state index contributed by atoms with van der Waals surface area (Å²) in [6.45, 7) is 3.91. The number of carbonyl (C=O) groups is 2. The average Bonchev–Trinajstić information content (AvgIpc) is 3.43. The van der Waals surface area contributed by atoms with E-state index < -0.39 is 16.1 Å². The van der Waals surface area contributed by atoms with Crippen LogP contribution >= 0.6 is 0 Å². The summed E-state index contributed by atoms with van der Waals surface area (Å²) < 4.78 is 33.5. The van der Waals surface area contributed by atoms with Crippen molar-refractivity contribution in [3.63, 3.8) is 0 Å². The molecule has 0 spiro atoms. The fourth-order valence-electron chi connectivity index (χ4n) is 5.25. The van der Waals surface area contributed by atoms with Crippen LogP contribution in [0.2, 0.25) is 0 Å². The molecule has 34 heavy (non-hydrogen) atoms. The number of benzene rings is 2. The number of anilines is 2. The minimum Gasteiger partial charge on any atom is -0.450 e. The first-order chi connectivity index (χ1) is 16.2. The van der Waals surface area contributed by atoms with Gasteiger partial charge in [0.05, 0.1) is 11.5 Å². The highest BCUT2D eigenvalue weighted by atomic mass is 32.2. The van der Waals surface area contributed by atoms with Gasteiger partial charge in [0.25, 0.3) is 5.91 Å². The molecule has 182 valence electrons. The Hall–Kier alpha value is -2.91. The highest BCUT2D eigenvalue weighted by molar-refractivity contribution is 7.89. The Kier molecular flexibility index (Phi) is 7.23. The number of hydrogen-bond donors (Lipinski definition) is 3. The molecule has 0 heterocycles. The maximum Gasteiger partial charge on any atom is 0.411 e. The number of nitrogens with one attached hydrogen (secondary N) is 3. The molecule has 2 fully saturated rings. The van der Waals surface area contributed by atoms with E-state index in [2.05, 4.69) is 15.4 Å². The number of ether oxygens (including phenoxy) is 1. The summed E-state index contributed by atoms with van der Waals surface area (Å²) in [4.78, 5) is 24.4. The third-order valence-corrected chi connectivity index (χ3v) is 8.42. The average molecular weight is 486 g/mol. The standard InChI is InChI=1S/C25H31N3O5S/c1-3-33-25(30)27-21-6-4-5-19(15-21)24(29)26-20-9-11-22(12-10-20)34(31,32)28-16(2)23-14-17-7-8-18(23)13-17/h4-6,9-12,15-18,23,28H,3,7-8,13-14H2,1-2H3,(H,26,29)(H,27,30). The Labute approximate surface area is 200 Å². The normalized spacial score (nSPS) is 22.2. The lowest BCUT2D eigenvalue weighted by molar-refractivity contribution is 0.102. The van der Waals surface area contributed by atoms with E-state index in [1.165, 1.54) is 37.5 Å². The molecule has 0 aromatic heterocycles. The van der Waals surface area contributed by atoms with Crippen molar-refractivity contribution >= 4 is 33.4 Å². The van der Waals surface area contributed by atoms with Crippen molar-refractivity contribution < 1.29 is 22.7 Å². The molecule has 9 heteroatoms. The predicted octanol–water partition coefficient (Wildman–Crippen LogP) is 4.61. The van der Waals surface area contributed by atoms with Crippen LogP contribution in [0.15, 0.2) is 53.4 Å². The van der Waals surface area contributed by atoms with Gasteiger partial charge in [-0.1, -0.05) is 12.5 Å². The summed E-state index contributed by atoms with van der Waals surface area (Å²) in [7, 11) is -3.65. The van der Waals surface area contributed by atoms with Crippen molar-refractivity contribution in [2.24, 2.45) is 17.8 Å². The van der Waals surface area contributed by atoms with E-state index in [0.29, 0.717) is 28.8 Å². The molecule has 2 aliphatic rings. The molecule has 2 amide bonds. The molecule has 2 saturated carbocycles. The Morgan fingerprint density at radius 2 is 1.79 bits per heavy atom. The second kappa shape index (κ2) is 10.1. The fraction of sp³-hybridized carbons (Fsp3) is 0.440. The van der Waals surface area contributed by atoms with Crippen LogP contribution in [-0.2, 0) is 14.8 Å². The fourth-order valence-corrected chi connectivity index (χ4v) is 6.55. The number of hydrogen-bond acceptors (Lipinski definition) is 5. The zero-order valence-electron chi connectivity index (χ0n) is 19.4. The van der Waals surface area contributed by atoms with Gasteiger partial charge in [-0.15, -0.1) is 0 Å². The zero-order chi connectivity index (χ0) is 24.3. The van der Waals surface area contributed by atoms with E-state index in [1.807, 2.05) is 6.92 Å². The summed E-state index contributed by atoms with van der Waals surface area (Å²) in [5.41, 5.74) is 1.24. The second-order valence-electron chi connectivity index (χ2n) is 9.15. The van der Waals surface area contributed by atoms with Gasteiger partial charge in [0.2, 0.25) is 10.0 Å². The molecule has 4 rings (SSSR count). The minimum absolute atomic E-state index is 0.102. The second-order valence-corrected chi connectivity index (χ2v) is 10.9. The molecule has 0 saturated heterocycles. The lowest BCUT2D eigenvalue weighted by atomic mass is 9.84. The van der Waals surface area contributed by atoms with Gasteiger partial charge in [0.1, 0.15) is 0 Å². The monoisotopic (exact) mass is 485 g/mol. The number of rotatable bonds is 8. The summed E-state index contributed by atoms with van der Waals surface area (Å²) in [6.07, 6.45) is 4.22. The molecule has 4 unspecified atom stereocenters. The quantitative estimate of drug-likeness (QED) is 0.505. The van der Waals surface area contributed by atoms with Crippen LogP contribution in [0.3, 0.4) is 0 Å². The summed E-state index contributed by atoms with van der Waals surface area (Å²) in [5.74, 6) is 1.41. The molecular formula is C25H31N3O5S. The van der Waals surface area contributed by atoms with Crippen LogP contribution in [0, 0.1) is 17.8 Å². The van der Waals surface area contributed by atoms with Gasteiger partial charge in [-0.3, -0.25) is 10.1 Å². The van der Waals surface area contributed by atoms with Gasteiger partial charge >= 0.3 is 6.09 Å². The smallest absolute Gasteiger partial charge is 0.411 e. The predicted molar refractivity (Wildman–Crippen MR) is 130 cm³/mol. The van der Waals surface area contributed by atoms with E-state index in [4.69, 9.17) is 4.74 Å². The molecular weight excluding hydrogens is 454 g/mol. The topological polar surface area (TPSA) is 114 Å².